The molecule has 1 N–H and O–H groups in total. The Bertz CT molecular complexity index is 613. The number of rotatable bonds is 2. The summed E-state index contributed by atoms with van der Waals surface area (Å²) in [4.78, 5) is 11.5. The Kier molecular flexibility index (Phi) is 2.90. The molecule has 96 valence electrons. The van der Waals surface area contributed by atoms with Crippen LogP contribution in [0.15, 0.2) is 35.1 Å². The van der Waals surface area contributed by atoms with Gasteiger partial charge in [0.15, 0.2) is 0 Å². The van der Waals surface area contributed by atoms with Gasteiger partial charge in [0.2, 0.25) is 0 Å². The van der Waals surface area contributed by atoms with E-state index < -0.39 is 17.4 Å². The van der Waals surface area contributed by atoms with Crippen molar-refractivity contribution in [2.24, 2.45) is 0 Å². The molecule has 0 aliphatic rings. The summed E-state index contributed by atoms with van der Waals surface area (Å²) < 4.78 is 43.2. The largest absolute Gasteiger partial charge is 0.494 e. The summed E-state index contributed by atoms with van der Waals surface area (Å²) >= 11 is 0. The van der Waals surface area contributed by atoms with Crippen LogP contribution in [0.2, 0.25) is 0 Å². The first-order valence-electron chi connectivity index (χ1n) is 4.96. The molecule has 7 heteroatoms. The first-order chi connectivity index (χ1) is 8.43. The standard InChI is InChI=1S/C11H9F3N2O2/c1-18-8-5-3-2-4-7(8)16-10(17)6-9(15-16)11(12,13)14/h2-6,15H,1H3. The summed E-state index contributed by atoms with van der Waals surface area (Å²) in [5.74, 6) is 0.301. The predicted octanol–water partition coefficient (Wildman–Crippen LogP) is 2.19. The van der Waals surface area contributed by atoms with Crippen LogP contribution in [0.1, 0.15) is 5.69 Å². The SMILES string of the molecule is COc1ccccc1-n1[nH]c(C(F)(F)F)cc1=O. The third kappa shape index (κ3) is 2.11. The van der Waals surface area contributed by atoms with Gasteiger partial charge in [-0.1, -0.05) is 12.1 Å². The second-order valence-corrected chi connectivity index (χ2v) is 3.51. The molecule has 0 amide bonds. The molecule has 18 heavy (non-hydrogen) atoms. The smallest absolute Gasteiger partial charge is 0.432 e. The maximum Gasteiger partial charge on any atom is 0.432 e. The van der Waals surface area contributed by atoms with Crippen molar-refractivity contribution in [2.75, 3.05) is 7.11 Å². The molecular weight excluding hydrogens is 249 g/mol. The summed E-state index contributed by atoms with van der Waals surface area (Å²) in [7, 11) is 1.37. The van der Waals surface area contributed by atoms with Crippen LogP contribution in [0.4, 0.5) is 13.2 Å². The molecule has 0 aliphatic heterocycles. The molecule has 4 nitrogen and oxygen atoms in total. The molecule has 0 unspecified atom stereocenters. The lowest BCUT2D eigenvalue weighted by atomic mass is 10.3. The number of nitrogens with zero attached hydrogens (tertiary/aromatic N) is 1. The molecule has 1 heterocycles. The Morgan fingerprint density at radius 3 is 2.50 bits per heavy atom. The second kappa shape index (κ2) is 4.25. The van der Waals surface area contributed by atoms with Gasteiger partial charge in [-0.3, -0.25) is 9.89 Å². The molecule has 0 spiro atoms. The van der Waals surface area contributed by atoms with Gasteiger partial charge in [0, 0.05) is 6.07 Å². The van der Waals surface area contributed by atoms with E-state index in [1.165, 1.54) is 13.2 Å². The molecular formula is C11H9F3N2O2. The van der Waals surface area contributed by atoms with E-state index in [1.807, 2.05) is 5.10 Å². The van der Waals surface area contributed by atoms with Crippen molar-refractivity contribution in [1.29, 1.82) is 0 Å². The van der Waals surface area contributed by atoms with Gasteiger partial charge in [-0.2, -0.15) is 13.2 Å². The number of hydrogen-bond donors (Lipinski definition) is 1. The number of para-hydroxylation sites is 2. The van der Waals surface area contributed by atoms with Crippen LogP contribution in [0.25, 0.3) is 5.69 Å². The first kappa shape index (κ1) is 12.3. The zero-order valence-electron chi connectivity index (χ0n) is 9.28. The highest BCUT2D eigenvalue weighted by molar-refractivity contribution is 5.45. The fourth-order valence-electron chi connectivity index (χ4n) is 1.53. The Morgan fingerprint density at radius 1 is 1.28 bits per heavy atom. The predicted molar refractivity (Wildman–Crippen MR) is 57.9 cm³/mol. The van der Waals surface area contributed by atoms with E-state index in [2.05, 4.69) is 0 Å². The van der Waals surface area contributed by atoms with Crippen LogP contribution in [0.3, 0.4) is 0 Å². The minimum Gasteiger partial charge on any atom is -0.494 e. The summed E-state index contributed by atoms with van der Waals surface area (Å²) in [6.45, 7) is 0. The van der Waals surface area contributed by atoms with Crippen molar-refractivity contribution >= 4 is 0 Å². The maximum atomic E-state index is 12.5. The number of aromatic nitrogens is 2. The third-order valence-electron chi connectivity index (χ3n) is 2.35. The van der Waals surface area contributed by atoms with E-state index in [0.29, 0.717) is 11.8 Å². The van der Waals surface area contributed by atoms with Gasteiger partial charge in [-0.15, -0.1) is 0 Å². The van der Waals surface area contributed by atoms with E-state index >= 15 is 0 Å². The molecule has 0 saturated heterocycles. The summed E-state index contributed by atoms with van der Waals surface area (Å²) in [6, 6.07) is 6.79. The van der Waals surface area contributed by atoms with Gasteiger partial charge >= 0.3 is 6.18 Å². The van der Waals surface area contributed by atoms with Crippen LogP contribution >= 0.6 is 0 Å². The molecule has 0 bridgehead atoms. The van der Waals surface area contributed by atoms with Gasteiger partial charge in [-0.05, 0) is 12.1 Å². The topological polar surface area (TPSA) is 47.0 Å². The monoisotopic (exact) mass is 258 g/mol. The average molecular weight is 258 g/mol. The molecule has 2 rings (SSSR count). The minimum absolute atomic E-state index is 0.223. The highest BCUT2D eigenvalue weighted by Gasteiger charge is 2.33. The van der Waals surface area contributed by atoms with Crippen LogP contribution in [0.5, 0.6) is 5.75 Å². The summed E-state index contributed by atoms with van der Waals surface area (Å²) in [5.41, 5.74) is -1.68. The number of aromatic amines is 1. The van der Waals surface area contributed by atoms with Crippen LogP contribution < -0.4 is 10.3 Å². The first-order valence-corrected chi connectivity index (χ1v) is 4.96. The van der Waals surface area contributed by atoms with E-state index in [0.717, 1.165) is 4.68 Å². The molecule has 2 aromatic rings. The number of hydrogen-bond acceptors (Lipinski definition) is 2. The van der Waals surface area contributed by atoms with Crippen molar-refractivity contribution in [3.05, 3.63) is 46.4 Å². The molecule has 1 aromatic carbocycles. The lowest BCUT2D eigenvalue weighted by Gasteiger charge is -2.08. The number of halogens is 3. The quantitative estimate of drug-likeness (QED) is 0.897. The Hall–Kier alpha value is -2.18. The van der Waals surface area contributed by atoms with Crippen molar-refractivity contribution in [1.82, 2.24) is 9.78 Å². The van der Waals surface area contributed by atoms with Crippen molar-refractivity contribution in [2.45, 2.75) is 6.18 Å². The molecule has 0 radical (unpaired) electrons. The van der Waals surface area contributed by atoms with Gasteiger partial charge in [-0.25, -0.2) is 4.68 Å². The zero-order valence-corrected chi connectivity index (χ0v) is 9.28. The number of H-pyrrole nitrogens is 1. The van der Waals surface area contributed by atoms with Crippen LogP contribution in [-0.2, 0) is 6.18 Å². The Labute approximate surface area is 99.6 Å². The molecule has 0 fully saturated rings. The minimum atomic E-state index is -4.59. The fourth-order valence-corrected chi connectivity index (χ4v) is 1.53. The Balaban J connectivity index is 2.59. The lowest BCUT2D eigenvalue weighted by Crippen LogP contribution is -2.14. The van der Waals surface area contributed by atoms with Crippen LogP contribution in [-0.4, -0.2) is 16.9 Å². The van der Waals surface area contributed by atoms with E-state index in [1.54, 1.807) is 18.2 Å². The average Bonchev–Trinajstić information content (AvgIpc) is 2.71. The van der Waals surface area contributed by atoms with Crippen molar-refractivity contribution < 1.29 is 17.9 Å². The van der Waals surface area contributed by atoms with E-state index in [9.17, 15) is 18.0 Å². The van der Waals surface area contributed by atoms with Gasteiger partial charge in [0.05, 0.1) is 7.11 Å². The normalized spacial score (nSPS) is 11.6. The fraction of sp³-hybridized carbons (Fsp3) is 0.182. The Morgan fingerprint density at radius 2 is 1.94 bits per heavy atom. The summed E-state index contributed by atoms with van der Waals surface area (Å²) in [6.07, 6.45) is -4.59. The highest BCUT2D eigenvalue weighted by atomic mass is 19.4. The van der Waals surface area contributed by atoms with Gasteiger partial charge in [0.25, 0.3) is 5.56 Å². The zero-order chi connectivity index (χ0) is 13.3. The number of alkyl halides is 3. The van der Waals surface area contributed by atoms with Gasteiger partial charge < -0.3 is 4.74 Å². The third-order valence-corrected chi connectivity index (χ3v) is 2.35. The molecule has 0 aliphatic carbocycles. The highest BCUT2D eigenvalue weighted by Crippen LogP contribution is 2.27. The molecule has 0 atom stereocenters. The number of ether oxygens (including phenoxy) is 1. The number of benzene rings is 1. The molecule has 1 aromatic heterocycles. The van der Waals surface area contributed by atoms with Crippen molar-refractivity contribution in [3.63, 3.8) is 0 Å². The van der Waals surface area contributed by atoms with Crippen molar-refractivity contribution in [3.8, 4) is 11.4 Å². The number of nitrogens with one attached hydrogen (secondary N) is 1. The van der Waals surface area contributed by atoms with E-state index in [4.69, 9.17) is 4.74 Å². The van der Waals surface area contributed by atoms with E-state index in [-0.39, 0.29) is 5.69 Å². The maximum absolute atomic E-state index is 12.5. The summed E-state index contributed by atoms with van der Waals surface area (Å²) in [5, 5.41) is 2.01. The lowest BCUT2D eigenvalue weighted by molar-refractivity contribution is -0.141. The van der Waals surface area contributed by atoms with Crippen LogP contribution in [0, 0.1) is 0 Å². The molecule has 0 saturated carbocycles. The number of methoxy groups -OCH3 is 1. The van der Waals surface area contributed by atoms with Gasteiger partial charge in [0.1, 0.15) is 17.1 Å². The second-order valence-electron chi connectivity index (χ2n) is 3.51.